The van der Waals surface area contributed by atoms with Gasteiger partial charge in [-0.2, -0.15) is 0 Å². The van der Waals surface area contributed by atoms with E-state index in [1.807, 2.05) is 6.07 Å². The van der Waals surface area contributed by atoms with E-state index in [2.05, 4.69) is 11.8 Å². The van der Waals surface area contributed by atoms with E-state index < -0.39 is 0 Å². The lowest BCUT2D eigenvalue weighted by Crippen LogP contribution is -2.46. The van der Waals surface area contributed by atoms with Gasteiger partial charge in [0, 0.05) is 13.1 Å². The molecule has 1 heterocycles. The number of hydrogen-bond acceptors (Lipinski definition) is 3. The molecule has 2 rings (SSSR count). The van der Waals surface area contributed by atoms with Gasteiger partial charge in [-0.25, -0.2) is 4.39 Å². The van der Waals surface area contributed by atoms with E-state index in [9.17, 15) is 4.39 Å². The molecule has 2 atom stereocenters. The molecule has 0 amide bonds. The standard InChI is InChI=1S/C13H19FN2O/c1-2-16-6-7-17-12(9-16)13(15)10-4-3-5-11(14)8-10/h3-5,8,12-13H,2,6-7,9,15H2,1H3. The Morgan fingerprint density at radius 3 is 3.12 bits per heavy atom. The summed E-state index contributed by atoms with van der Waals surface area (Å²) < 4.78 is 18.8. The number of nitrogens with zero attached hydrogens (tertiary/aromatic N) is 1. The van der Waals surface area contributed by atoms with Gasteiger partial charge < -0.3 is 10.5 Å². The average molecular weight is 238 g/mol. The highest BCUT2D eigenvalue weighted by molar-refractivity contribution is 5.21. The Kier molecular flexibility index (Phi) is 4.10. The highest BCUT2D eigenvalue weighted by Crippen LogP contribution is 2.20. The minimum Gasteiger partial charge on any atom is -0.374 e. The molecular formula is C13H19FN2O. The van der Waals surface area contributed by atoms with Crippen LogP contribution in [-0.4, -0.2) is 37.2 Å². The smallest absolute Gasteiger partial charge is 0.123 e. The van der Waals surface area contributed by atoms with Gasteiger partial charge in [0.2, 0.25) is 0 Å². The number of hydrogen-bond donors (Lipinski definition) is 1. The Morgan fingerprint density at radius 1 is 1.59 bits per heavy atom. The van der Waals surface area contributed by atoms with Crippen LogP contribution in [0.5, 0.6) is 0 Å². The summed E-state index contributed by atoms with van der Waals surface area (Å²) in [5.41, 5.74) is 6.94. The normalized spacial score (nSPS) is 23.6. The zero-order valence-corrected chi connectivity index (χ0v) is 10.1. The maximum absolute atomic E-state index is 13.1. The lowest BCUT2D eigenvalue weighted by Gasteiger charge is -2.35. The van der Waals surface area contributed by atoms with E-state index in [0.717, 1.165) is 25.2 Å². The van der Waals surface area contributed by atoms with Gasteiger partial charge in [0.15, 0.2) is 0 Å². The molecule has 1 aromatic rings. The second-order valence-corrected chi connectivity index (χ2v) is 4.38. The summed E-state index contributed by atoms with van der Waals surface area (Å²) in [6.07, 6.45) is -0.0505. The second-order valence-electron chi connectivity index (χ2n) is 4.38. The summed E-state index contributed by atoms with van der Waals surface area (Å²) >= 11 is 0. The Labute approximate surface area is 101 Å². The molecule has 94 valence electrons. The Bertz CT molecular complexity index is 372. The first-order chi connectivity index (χ1) is 8.20. The van der Waals surface area contributed by atoms with Gasteiger partial charge >= 0.3 is 0 Å². The summed E-state index contributed by atoms with van der Waals surface area (Å²) in [5.74, 6) is -0.249. The average Bonchev–Trinajstić information content (AvgIpc) is 2.38. The summed E-state index contributed by atoms with van der Waals surface area (Å²) in [4.78, 5) is 2.30. The number of nitrogens with two attached hydrogens (primary N) is 1. The van der Waals surface area contributed by atoms with Crippen molar-refractivity contribution in [3.05, 3.63) is 35.6 Å². The largest absolute Gasteiger partial charge is 0.374 e. The number of morpholine rings is 1. The van der Waals surface area contributed by atoms with Crippen LogP contribution in [0.3, 0.4) is 0 Å². The molecule has 0 radical (unpaired) electrons. The number of rotatable bonds is 3. The SMILES string of the molecule is CCN1CCOC(C(N)c2cccc(F)c2)C1. The summed E-state index contributed by atoms with van der Waals surface area (Å²) in [6.45, 7) is 5.57. The molecule has 3 nitrogen and oxygen atoms in total. The van der Waals surface area contributed by atoms with E-state index >= 15 is 0 Å². The van der Waals surface area contributed by atoms with Gasteiger partial charge in [-0.3, -0.25) is 4.90 Å². The third-order valence-corrected chi connectivity index (χ3v) is 3.26. The van der Waals surface area contributed by atoms with Crippen molar-refractivity contribution in [2.45, 2.75) is 19.1 Å². The topological polar surface area (TPSA) is 38.5 Å². The molecule has 0 aromatic heterocycles. The molecule has 1 aromatic carbocycles. The first kappa shape index (κ1) is 12.5. The van der Waals surface area contributed by atoms with Crippen LogP contribution >= 0.6 is 0 Å². The van der Waals surface area contributed by atoms with Gasteiger partial charge in [-0.1, -0.05) is 19.1 Å². The Hall–Kier alpha value is -0.970. The molecule has 1 fully saturated rings. The number of likely N-dealkylation sites (N-methyl/N-ethyl adjacent to an activating group) is 1. The zero-order valence-electron chi connectivity index (χ0n) is 10.1. The molecule has 1 aliphatic heterocycles. The van der Waals surface area contributed by atoms with E-state index in [0.29, 0.717) is 6.61 Å². The van der Waals surface area contributed by atoms with Gasteiger partial charge in [0.1, 0.15) is 5.82 Å². The van der Waals surface area contributed by atoms with Crippen molar-refractivity contribution in [1.82, 2.24) is 4.90 Å². The van der Waals surface area contributed by atoms with Crippen LogP contribution in [0.15, 0.2) is 24.3 Å². The fourth-order valence-corrected chi connectivity index (χ4v) is 2.16. The number of ether oxygens (including phenoxy) is 1. The maximum atomic E-state index is 13.1. The molecule has 1 aliphatic rings. The third kappa shape index (κ3) is 3.03. The fourth-order valence-electron chi connectivity index (χ4n) is 2.16. The maximum Gasteiger partial charge on any atom is 0.123 e. The van der Waals surface area contributed by atoms with Gasteiger partial charge in [-0.15, -0.1) is 0 Å². The first-order valence-corrected chi connectivity index (χ1v) is 6.05. The predicted octanol–water partition coefficient (Wildman–Crippen LogP) is 1.55. The molecule has 2 N–H and O–H groups in total. The van der Waals surface area contributed by atoms with Crippen molar-refractivity contribution < 1.29 is 9.13 Å². The molecule has 0 bridgehead atoms. The Morgan fingerprint density at radius 2 is 2.41 bits per heavy atom. The molecule has 0 saturated carbocycles. The van der Waals surface area contributed by atoms with Crippen LogP contribution in [0.4, 0.5) is 4.39 Å². The lowest BCUT2D eigenvalue weighted by molar-refractivity contribution is -0.0393. The van der Waals surface area contributed by atoms with E-state index in [4.69, 9.17) is 10.5 Å². The molecule has 0 spiro atoms. The van der Waals surface area contributed by atoms with Gasteiger partial charge in [0.25, 0.3) is 0 Å². The Balaban J connectivity index is 2.06. The fraction of sp³-hybridized carbons (Fsp3) is 0.538. The van der Waals surface area contributed by atoms with Crippen LogP contribution in [0.1, 0.15) is 18.5 Å². The van der Waals surface area contributed by atoms with Crippen LogP contribution < -0.4 is 5.73 Å². The monoisotopic (exact) mass is 238 g/mol. The van der Waals surface area contributed by atoms with Gasteiger partial charge in [-0.05, 0) is 24.2 Å². The second kappa shape index (κ2) is 5.58. The molecular weight excluding hydrogens is 219 g/mol. The van der Waals surface area contributed by atoms with Crippen molar-refractivity contribution in [2.24, 2.45) is 5.73 Å². The minimum atomic E-state index is -0.264. The van der Waals surface area contributed by atoms with Crippen molar-refractivity contribution in [1.29, 1.82) is 0 Å². The van der Waals surface area contributed by atoms with Gasteiger partial charge in [0.05, 0.1) is 18.8 Å². The van der Waals surface area contributed by atoms with E-state index in [-0.39, 0.29) is 18.0 Å². The minimum absolute atomic E-state index is 0.0505. The molecule has 0 aliphatic carbocycles. The zero-order chi connectivity index (χ0) is 12.3. The van der Waals surface area contributed by atoms with E-state index in [1.165, 1.54) is 12.1 Å². The molecule has 17 heavy (non-hydrogen) atoms. The van der Waals surface area contributed by atoms with Crippen LogP contribution in [-0.2, 0) is 4.74 Å². The first-order valence-electron chi connectivity index (χ1n) is 6.05. The van der Waals surface area contributed by atoms with Crippen molar-refractivity contribution in [2.75, 3.05) is 26.2 Å². The van der Waals surface area contributed by atoms with Crippen LogP contribution in [0, 0.1) is 5.82 Å². The number of halogens is 1. The predicted molar refractivity (Wildman–Crippen MR) is 65.2 cm³/mol. The molecule has 1 saturated heterocycles. The number of benzene rings is 1. The summed E-state index contributed by atoms with van der Waals surface area (Å²) in [7, 11) is 0. The molecule has 4 heteroatoms. The highest BCUT2D eigenvalue weighted by atomic mass is 19.1. The summed E-state index contributed by atoms with van der Waals surface area (Å²) in [5, 5.41) is 0. The van der Waals surface area contributed by atoms with Crippen molar-refractivity contribution in [3.63, 3.8) is 0 Å². The van der Waals surface area contributed by atoms with Crippen molar-refractivity contribution >= 4 is 0 Å². The highest BCUT2D eigenvalue weighted by Gasteiger charge is 2.26. The van der Waals surface area contributed by atoms with Crippen LogP contribution in [0.2, 0.25) is 0 Å². The third-order valence-electron chi connectivity index (χ3n) is 3.26. The van der Waals surface area contributed by atoms with E-state index in [1.54, 1.807) is 6.07 Å². The molecule has 2 unspecified atom stereocenters. The summed E-state index contributed by atoms with van der Waals surface area (Å²) in [6, 6.07) is 6.18. The lowest BCUT2D eigenvalue weighted by atomic mass is 10.0. The quantitative estimate of drug-likeness (QED) is 0.868. The van der Waals surface area contributed by atoms with Crippen LogP contribution in [0.25, 0.3) is 0 Å². The van der Waals surface area contributed by atoms with Crippen molar-refractivity contribution in [3.8, 4) is 0 Å².